The van der Waals surface area contributed by atoms with E-state index >= 15 is 0 Å². The predicted octanol–water partition coefficient (Wildman–Crippen LogP) is 2.93. The number of nitrogens with one attached hydrogen (secondary N) is 1. The largest absolute Gasteiger partial charge is 0.325 e. The average Bonchev–Trinajstić information content (AvgIpc) is 3.33. The first-order valence-corrected chi connectivity index (χ1v) is 13.1. The van der Waals surface area contributed by atoms with Gasteiger partial charge in [-0.25, -0.2) is 13.4 Å². The highest BCUT2D eigenvalue weighted by Gasteiger charge is 2.33. The highest BCUT2D eigenvalue weighted by Crippen LogP contribution is 2.29. The number of aliphatic imine (C=N–C) groups is 2. The Morgan fingerprint density at radius 3 is 2.26 bits per heavy atom. The molecule has 0 radical (unpaired) electrons. The van der Waals surface area contributed by atoms with Gasteiger partial charge in [-0.3, -0.25) is 14.6 Å². The fraction of sp³-hybridized carbons (Fsp3) is 0.360. The van der Waals surface area contributed by atoms with Gasteiger partial charge in [-0.15, -0.1) is 0 Å². The van der Waals surface area contributed by atoms with E-state index in [-0.39, 0.29) is 42.7 Å². The normalized spacial score (nSPS) is 17.3. The van der Waals surface area contributed by atoms with Crippen LogP contribution in [0.3, 0.4) is 0 Å². The van der Waals surface area contributed by atoms with Crippen molar-refractivity contribution in [1.29, 1.82) is 0 Å². The van der Waals surface area contributed by atoms with E-state index in [9.17, 15) is 18.0 Å². The lowest BCUT2D eigenvalue weighted by Crippen LogP contribution is -2.44. The van der Waals surface area contributed by atoms with Crippen LogP contribution < -0.4 is 10.2 Å². The van der Waals surface area contributed by atoms with Crippen LogP contribution in [0.5, 0.6) is 0 Å². The molecule has 0 spiro atoms. The lowest BCUT2D eigenvalue weighted by Gasteiger charge is -2.31. The Morgan fingerprint density at radius 1 is 1.03 bits per heavy atom. The first-order valence-electron chi connectivity index (χ1n) is 11.3. The summed E-state index contributed by atoms with van der Waals surface area (Å²) in [5.41, 5.74) is 3.93. The second-order valence-corrected chi connectivity index (χ2v) is 11.0. The van der Waals surface area contributed by atoms with Crippen LogP contribution in [0.4, 0.5) is 11.4 Å². The van der Waals surface area contributed by atoms with Gasteiger partial charge in [0.2, 0.25) is 11.8 Å². The van der Waals surface area contributed by atoms with Crippen molar-refractivity contribution in [1.82, 2.24) is 0 Å². The standard InChI is InChI=1S/C25H28N4O4S/c1-17-4-3-5-18(2)23(17)29(25(31)20-10-14-34(32,33)15-11-20)16-22(30)28-21-8-6-19(7-9-21)24-26-12-13-27-24/h3-9,12,20H,10-11,13-16H2,1-2H3,(H,28,30). The number of rotatable bonds is 6. The van der Waals surface area contributed by atoms with Crippen molar-refractivity contribution in [3.05, 3.63) is 59.2 Å². The molecule has 0 unspecified atom stereocenters. The van der Waals surface area contributed by atoms with E-state index < -0.39 is 15.8 Å². The van der Waals surface area contributed by atoms with Gasteiger partial charge in [0.15, 0.2) is 5.84 Å². The number of anilines is 2. The number of nitrogens with zero attached hydrogens (tertiary/aromatic N) is 3. The molecule has 0 aliphatic carbocycles. The summed E-state index contributed by atoms with van der Waals surface area (Å²) in [5, 5.41) is 2.86. The maximum Gasteiger partial charge on any atom is 0.244 e. The van der Waals surface area contributed by atoms with Gasteiger partial charge in [0.25, 0.3) is 0 Å². The van der Waals surface area contributed by atoms with Crippen molar-refractivity contribution in [2.45, 2.75) is 26.7 Å². The number of amidine groups is 1. The molecule has 1 saturated heterocycles. The summed E-state index contributed by atoms with van der Waals surface area (Å²) in [6.07, 6.45) is 2.29. The third kappa shape index (κ3) is 5.41. The Bertz CT molecular complexity index is 1230. The molecule has 2 aromatic carbocycles. The number of aryl methyl sites for hydroxylation is 2. The first kappa shape index (κ1) is 23.8. The van der Waals surface area contributed by atoms with Gasteiger partial charge in [-0.05, 0) is 62.1 Å². The minimum Gasteiger partial charge on any atom is -0.325 e. The van der Waals surface area contributed by atoms with Crippen LogP contribution in [0.15, 0.2) is 52.4 Å². The van der Waals surface area contributed by atoms with Crippen molar-refractivity contribution in [2.75, 3.05) is 34.8 Å². The van der Waals surface area contributed by atoms with Crippen LogP contribution in [0.25, 0.3) is 0 Å². The lowest BCUT2D eigenvalue weighted by molar-refractivity contribution is -0.124. The molecule has 1 N–H and O–H groups in total. The zero-order valence-electron chi connectivity index (χ0n) is 19.3. The predicted molar refractivity (Wildman–Crippen MR) is 135 cm³/mol. The van der Waals surface area contributed by atoms with Crippen LogP contribution in [0.2, 0.25) is 0 Å². The second-order valence-electron chi connectivity index (χ2n) is 8.69. The van der Waals surface area contributed by atoms with Gasteiger partial charge >= 0.3 is 0 Å². The number of amides is 2. The van der Waals surface area contributed by atoms with E-state index in [1.807, 2.05) is 44.2 Å². The average molecular weight is 481 g/mol. The zero-order valence-corrected chi connectivity index (χ0v) is 20.1. The number of carbonyl (C=O) groups excluding carboxylic acids is 2. The molecule has 0 bridgehead atoms. The Balaban J connectivity index is 1.52. The van der Waals surface area contributed by atoms with Gasteiger partial charge in [0.1, 0.15) is 16.4 Å². The Morgan fingerprint density at radius 2 is 1.68 bits per heavy atom. The highest BCUT2D eigenvalue weighted by atomic mass is 32.2. The van der Waals surface area contributed by atoms with Crippen molar-refractivity contribution < 1.29 is 18.0 Å². The van der Waals surface area contributed by atoms with E-state index in [0.29, 0.717) is 23.8 Å². The number of carbonyl (C=O) groups is 2. The number of para-hydroxylation sites is 1. The highest BCUT2D eigenvalue weighted by molar-refractivity contribution is 7.91. The third-order valence-corrected chi connectivity index (χ3v) is 7.86. The SMILES string of the molecule is Cc1cccc(C)c1N(CC(=O)Nc1ccc(C2=NCC=N2)cc1)C(=O)C1CCS(=O)(=O)CC1. The fourth-order valence-electron chi connectivity index (χ4n) is 4.36. The van der Waals surface area contributed by atoms with Crippen LogP contribution in [0, 0.1) is 19.8 Å². The van der Waals surface area contributed by atoms with E-state index in [1.54, 1.807) is 18.3 Å². The quantitative estimate of drug-likeness (QED) is 0.686. The Kier molecular flexibility index (Phi) is 6.92. The first-order chi connectivity index (χ1) is 16.2. The van der Waals surface area contributed by atoms with Crippen molar-refractivity contribution in [2.24, 2.45) is 15.9 Å². The number of sulfone groups is 1. The molecule has 0 atom stereocenters. The van der Waals surface area contributed by atoms with Crippen LogP contribution in [-0.2, 0) is 19.4 Å². The molecular weight excluding hydrogens is 452 g/mol. The van der Waals surface area contributed by atoms with Crippen LogP contribution in [0.1, 0.15) is 29.5 Å². The van der Waals surface area contributed by atoms with Gasteiger partial charge in [-0.1, -0.05) is 18.2 Å². The monoisotopic (exact) mass is 480 g/mol. The molecular formula is C25H28N4O4S. The summed E-state index contributed by atoms with van der Waals surface area (Å²) < 4.78 is 23.7. The van der Waals surface area contributed by atoms with Gasteiger partial charge < -0.3 is 10.2 Å². The van der Waals surface area contributed by atoms with Crippen molar-refractivity contribution >= 4 is 45.1 Å². The Hall–Kier alpha value is -3.33. The van der Waals surface area contributed by atoms with Crippen LogP contribution >= 0.6 is 0 Å². The fourth-order valence-corrected chi connectivity index (χ4v) is 5.86. The molecule has 4 rings (SSSR count). The maximum absolute atomic E-state index is 13.5. The third-order valence-electron chi connectivity index (χ3n) is 6.14. The van der Waals surface area contributed by atoms with E-state index in [2.05, 4.69) is 15.3 Å². The van der Waals surface area contributed by atoms with E-state index in [4.69, 9.17) is 0 Å². The maximum atomic E-state index is 13.5. The molecule has 178 valence electrons. The van der Waals surface area contributed by atoms with Crippen molar-refractivity contribution in [3.8, 4) is 0 Å². The summed E-state index contributed by atoms with van der Waals surface area (Å²) in [6.45, 7) is 4.22. The minimum atomic E-state index is -3.10. The summed E-state index contributed by atoms with van der Waals surface area (Å²) in [6, 6.07) is 12.9. The zero-order chi connectivity index (χ0) is 24.3. The summed E-state index contributed by atoms with van der Waals surface area (Å²) in [4.78, 5) is 36.5. The minimum absolute atomic E-state index is 0.00210. The smallest absolute Gasteiger partial charge is 0.244 e. The molecule has 34 heavy (non-hydrogen) atoms. The molecule has 2 heterocycles. The van der Waals surface area contributed by atoms with E-state index in [1.165, 1.54) is 4.90 Å². The molecule has 2 amide bonds. The summed E-state index contributed by atoms with van der Waals surface area (Å²) in [5.74, 6) is -0.310. The molecule has 2 aliphatic rings. The number of hydrogen-bond acceptors (Lipinski definition) is 6. The molecule has 0 aromatic heterocycles. The van der Waals surface area contributed by atoms with E-state index in [0.717, 1.165) is 16.7 Å². The summed E-state index contributed by atoms with van der Waals surface area (Å²) >= 11 is 0. The Labute approximate surface area is 199 Å². The molecule has 2 aliphatic heterocycles. The summed E-state index contributed by atoms with van der Waals surface area (Å²) in [7, 11) is -3.10. The molecule has 1 fully saturated rings. The molecule has 2 aromatic rings. The molecule has 0 saturated carbocycles. The molecule has 8 nitrogen and oxygen atoms in total. The molecule has 9 heteroatoms. The van der Waals surface area contributed by atoms with Crippen LogP contribution in [-0.4, -0.2) is 56.9 Å². The second kappa shape index (κ2) is 9.89. The van der Waals surface area contributed by atoms with Gasteiger partial charge in [0, 0.05) is 23.4 Å². The topological polar surface area (TPSA) is 108 Å². The van der Waals surface area contributed by atoms with Gasteiger partial charge in [0.05, 0.1) is 23.7 Å². The lowest BCUT2D eigenvalue weighted by atomic mass is 9.99. The van der Waals surface area contributed by atoms with Crippen molar-refractivity contribution in [3.63, 3.8) is 0 Å². The number of benzene rings is 2. The number of hydrogen-bond donors (Lipinski definition) is 1. The van der Waals surface area contributed by atoms with Gasteiger partial charge in [-0.2, -0.15) is 0 Å².